The van der Waals surface area contributed by atoms with Crippen LogP contribution in [0.15, 0.2) is 30.5 Å². The molecule has 0 aliphatic heterocycles. The lowest BCUT2D eigenvalue weighted by Gasteiger charge is -2.09. The summed E-state index contributed by atoms with van der Waals surface area (Å²) in [7, 11) is 0. The molecule has 0 spiro atoms. The fourth-order valence-corrected chi connectivity index (χ4v) is 1.59. The van der Waals surface area contributed by atoms with Crippen LogP contribution in [0.5, 0.6) is 0 Å². The van der Waals surface area contributed by atoms with Crippen LogP contribution in [0.1, 0.15) is 13.8 Å². The number of para-hydroxylation sites is 1. The normalized spacial score (nSPS) is 11.0. The lowest BCUT2D eigenvalue weighted by atomic mass is 10.2. The Labute approximate surface area is 101 Å². The van der Waals surface area contributed by atoms with E-state index in [1.807, 2.05) is 30.5 Å². The molecule has 2 aromatic rings. The first-order chi connectivity index (χ1) is 8.25. The number of rotatable bonds is 5. The van der Waals surface area contributed by atoms with Crippen LogP contribution in [-0.2, 0) is 0 Å². The lowest BCUT2D eigenvalue weighted by molar-refractivity contribution is 0.601. The van der Waals surface area contributed by atoms with Crippen molar-refractivity contribution < 1.29 is 0 Å². The molecule has 90 valence electrons. The van der Waals surface area contributed by atoms with Gasteiger partial charge < -0.3 is 10.6 Å². The Morgan fingerprint density at radius 3 is 2.82 bits per heavy atom. The van der Waals surface area contributed by atoms with Crippen molar-refractivity contribution in [2.24, 2.45) is 0 Å². The molecule has 0 aliphatic rings. The van der Waals surface area contributed by atoms with Crippen molar-refractivity contribution in [1.82, 2.24) is 15.3 Å². The first-order valence-electron chi connectivity index (χ1n) is 5.95. The van der Waals surface area contributed by atoms with E-state index in [-0.39, 0.29) is 0 Å². The minimum Gasteiger partial charge on any atom is -0.353 e. The Balaban J connectivity index is 1.95. The predicted molar refractivity (Wildman–Crippen MR) is 71.2 cm³/mol. The standard InChI is InChI=1S/C13H18N4/c1-10(2)14-7-8-15-13-16-9-11-5-3-4-6-12(11)17-13/h3-6,9-10,14H,7-8H2,1-2H3,(H,15,16,17). The Kier molecular flexibility index (Phi) is 3.88. The van der Waals surface area contributed by atoms with E-state index >= 15 is 0 Å². The highest BCUT2D eigenvalue weighted by atomic mass is 15.1. The van der Waals surface area contributed by atoms with Crippen LogP contribution in [0.25, 0.3) is 10.9 Å². The molecule has 0 saturated carbocycles. The number of hydrogen-bond acceptors (Lipinski definition) is 4. The maximum absolute atomic E-state index is 4.44. The highest BCUT2D eigenvalue weighted by Gasteiger charge is 1.98. The first kappa shape index (κ1) is 11.8. The molecule has 2 rings (SSSR count). The van der Waals surface area contributed by atoms with Crippen LogP contribution in [0.4, 0.5) is 5.95 Å². The van der Waals surface area contributed by atoms with Gasteiger partial charge in [0, 0.05) is 30.7 Å². The van der Waals surface area contributed by atoms with Gasteiger partial charge in [0.15, 0.2) is 0 Å². The van der Waals surface area contributed by atoms with E-state index in [1.165, 1.54) is 0 Å². The molecule has 0 atom stereocenters. The largest absolute Gasteiger partial charge is 0.353 e. The Hall–Kier alpha value is -1.68. The van der Waals surface area contributed by atoms with Crippen molar-refractivity contribution in [3.63, 3.8) is 0 Å². The summed E-state index contributed by atoms with van der Waals surface area (Å²) in [5.74, 6) is 0.689. The third kappa shape index (κ3) is 3.39. The predicted octanol–water partition coefficient (Wildman–Crippen LogP) is 2.04. The Morgan fingerprint density at radius 2 is 2.00 bits per heavy atom. The number of benzene rings is 1. The van der Waals surface area contributed by atoms with E-state index in [0.717, 1.165) is 24.0 Å². The Bertz CT molecular complexity index is 482. The minimum absolute atomic E-state index is 0.509. The number of nitrogens with zero attached hydrogens (tertiary/aromatic N) is 2. The van der Waals surface area contributed by atoms with E-state index in [9.17, 15) is 0 Å². The molecule has 0 bridgehead atoms. The fraction of sp³-hybridized carbons (Fsp3) is 0.385. The summed E-state index contributed by atoms with van der Waals surface area (Å²) in [6.07, 6.45) is 1.85. The van der Waals surface area contributed by atoms with E-state index in [2.05, 4.69) is 34.4 Å². The zero-order chi connectivity index (χ0) is 12.1. The second-order valence-electron chi connectivity index (χ2n) is 4.29. The van der Waals surface area contributed by atoms with Crippen LogP contribution >= 0.6 is 0 Å². The highest BCUT2D eigenvalue weighted by Crippen LogP contribution is 2.11. The summed E-state index contributed by atoms with van der Waals surface area (Å²) < 4.78 is 0. The van der Waals surface area contributed by atoms with E-state index in [0.29, 0.717) is 12.0 Å². The van der Waals surface area contributed by atoms with Crippen molar-refractivity contribution in [2.75, 3.05) is 18.4 Å². The van der Waals surface area contributed by atoms with Crippen LogP contribution < -0.4 is 10.6 Å². The summed E-state index contributed by atoms with van der Waals surface area (Å²) in [5, 5.41) is 7.61. The highest BCUT2D eigenvalue weighted by molar-refractivity contribution is 5.78. The average Bonchev–Trinajstić information content (AvgIpc) is 2.34. The smallest absolute Gasteiger partial charge is 0.223 e. The molecule has 1 aromatic heterocycles. The quantitative estimate of drug-likeness (QED) is 0.772. The lowest BCUT2D eigenvalue weighted by Crippen LogP contribution is -2.28. The van der Waals surface area contributed by atoms with Gasteiger partial charge in [-0.05, 0) is 6.07 Å². The van der Waals surface area contributed by atoms with Gasteiger partial charge in [0.2, 0.25) is 5.95 Å². The number of aromatic nitrogens is 2. The molecule has 4 nitrogen and oxygen atoms in total. The third-order valence-electron chi connectivity index (χ3n) is 2.45. The summed E-state index contributed by atoms with van der Waals surface area (Å²) in [5.41, 5.74) is 0.974. The zero-order valence-electron chi connectivity index (χ0n) is 10.3. The van der Waals surface area contributed by atoms with Gasteiger partial charge in [0.05, 0.1) is 5.52 Å². The maximum Gasteiger partial charge on any atom is 0.223 e. The molecule has 2 N–H and O–H groups in total. The second kappa shape index (κ2) is 5.59. The van der Waals surface area contributed by atoms with Crippen LogP contribution in [0.2, 0.25) is 0 Å². The fourth-order valence-electron chi connectivity index (χ4n) is 1.59. The van der Waals surface area contributed by atoms with Gasteiger partial charge in [-0.25, -0.2) is 9.97 Å². The molecule has 0 unspecified atom stereocenters. The number of nitrogens with one attached hydrogen (secondary N) is 2. The molecule has 1 heterocycles. The minimum atomic E-state index is 0.509. The molecule has 0 aliphatic carbocycles. The van der Waals surface area contributed by atoms with Gasteiger partial charge in [-0.3, -0.25) is 0 Å². The van der Waals surface area contributed by atoms with Crippen molar-refractivity contribution in [3.05, 3.63) is 30.5 Å². The van der Waals surface area contributed by atoms with Gasteiger partial charge in [0.25, 0.3) is 0 Å². The van der Waals surface area contributed by atoms with Gasteiger partial charge in [0.1, 0.15) is 0 Å². The van der Waals surface area contributed by atoms with Gasteiger partial charge in [-0.1, -0.05) is 32.0 Å². The summed E-state index contributed by atoms with van der Waals surface area (Å²) >= 11 is 0. The second-order valence-corrected chi connectivity index (χ2v) is 4.29. The van der Waals surface area contributed by atoms with Gasteiger partial charge in [-0.15, -0.1) is 0 Å². The van der Waals surface area contributed by atoms with E-state index in [4.69, 9.17) is 0 Å². The molecular formula is C13H18N4. The van der Waals surface area contributed by atoms with Crippen LogP contribution in [-0.4, -0.2) is 29.1 Å². The molecular weight excluding hydrogens is 212 g/mol. The molecule has 0 saturated heterocycles. The molecule has 0 fully saturated rings. The van der Waals surface area contributed by atoms with Crippen molar-refractivity contribution in [1.29, 1.82) is 0 Å². The van der Waals surface area contributed by atoms with E-state index in [1.54, 1.807) is 0 Å². The summed E-state index contributed by atoms with van der Waals surface area (Å²) in [6, 6.07) is 8.49. The van der Waals surface area contributed by atoms with Crippen molar-refractivity contribution in [3.8, 4) is 0 Å². The molecule has 0 radical (unpaired) electrons. The van der Waals surface area contributed by atoms with Crippen LogP contribution in [0, 0.1) is 0 Å². The topological polar surface area (TPSA) is 49.8 Å². The zero-order valence-corrected chi connectivity index (χ0v) is 10.3. The summed E-state index contributed by atoms with van der Waals surface area (Å²) in [6.45, 7) is 6.00. The molecule has 4 heteroatoms. The molecule has 1 aromatic carbocycles. The number of fused-ring (bicyclic) bond motifs is 1. The molecule has 0 amide bonds. The average molecular weight is 230 g/mol. The van der Waals surface area contributed by atoms with Gasteiger partial charge in [-0.2, -0.15) is 0 Å². The van der Waals surface area contributed by atoms with Crippen molar-refractivity contribution in [2.45, 2.75) is 19.9 Å². The first-order valence-corrected chi connectivity index (χ1v) is 5.95. The number of anilines is 1. The van der Waals surface area contributed by atoms with Crippen LogP contribution in [0.3, 0.4) is 0 Å². The molecule has 17 heavy (non-hydrogen) atoms. The SMILES string of the molecule is CC(C)NCCNc1ncc2ccccc2n1. The van der Waals surface area contributed by atoms with Gasteiger partial charge >= 0.3 is 0 Å². The van der Waals surface area contributed by atoms with E-state index < -0.39 is 0 Å². The third-order valence-corrected chi connectivity index (χ3v) is 2.45. The van der Waals surface area contributed by atoms with Crippen molar-refractivity contribution >= 4 is 16.9 Å². The number of hydrogen-bond donors (Lipinski definition) is 2. The monoisotopic (exact) mass is 230 g/mol. The summed E-state index contributed by atoms with van der Waals surface area (Å²) in [4.78, 5) is 8.72. The Morgan fingerprint density at radius 1 is 1.18 bits per heavy atom. The maximum atomic E-state index is 4.44.